The fraction of sp³-hybridized carbons (Fsp3) is 0.458. The SMILES string of the molecule is CCCC(C)COc1cccc(CN(CCC(=O)O)Cc2cccc(C)c2)c1. The van der Waals surface area contributed by atoms with E-state index in [1.54, 1.807) is 0 Å². The van der Waals surface area contributed by atoms with Gasteiger partial charge in [-0.15, -0.1) is 0 Å². The standard InChI is InChI=1S/C24H33NO3/c1-4-7-20(3)18-28-23-11-6-10-22(15-23)17-25(13-12-24(26)27)16-21-9-5-8-19(2)14-21/h5-6,8-11,14-15,20H,4,7,12-13,16-18H2,1-3H3,(H,26,27). The molecule has 28 heavy (non-hydrogen) atoms. The van der Waals surface area contributed by atoms with Crippen LogP contribution in [0, 0.1) is 12.8 Å². The van der Waals surface area contributed by atoms with Crippen molar-refractivity contribution >= 4 is 5.97 Å². The van der Waals surface area contributed by atoms with Gasteiger partial charge in [0.2, 0.25) is 0 Å². The zero-order valence-corrected chi connectivity index (χ0v) is 17.4. The fourth-order valence-corrected chi connectivity index (χ4v) is 3.34. The van der Waals surface area contributed by atoms with Crippen LogP contribution in [0.15, 0.2) is 48.5 Å². The van der Waals surface area contributed by atoms with E-state index in [0.29, 0.717) is 19.0 Å². The molecule has 4 nitrogen and oxygen atoms in total. The summed E-state index contributed by atoms with van der Waals surface area (Å²) in [5, 5.41) is 9.10. The van der Waals surface area contributed by atoms with Gasteiger partial charge in [0.15, 0.2) is 0 Å². The number of ether oxygens (including phenoxy) is 1. The zero-order chi connectivity index (χ0) is 20.4. The number of benzene rings is 2. The van der Waals surface area contributed by atoms with E-state index in [1.165, 1.54) is 24.0 Å². The average molecular weight is 384 g/mol. The number of hydrogen-bond donors (Lipinski definition) is 1. The zero-order valence-electron chi connectivity index (χ0n) is 17.4. The van der Waals surface area contributed by atoms with Crippen LogP contribution in [0.2, 0.25) is 0 Å². The Hall–Kier alpha value is -2.33. The van der Waals surface area contributed by atoms with E-state index in [-0.39, 0.29) is 6.42 Å². The van der Waals surface area contributed by atoms with E-state index < -0.39 is 5.97 Å². The van der Waals surface area contributed by atoms with Crippen molar-refractivity contribution in [3.63, 3.8) is 0 Å². The third-order valence-corrected chi connectivity index (χ3v) is 4.75. The highest BCUT2D eigenvalue weighted by atomic mass is 16.5. The molecule has 4 heteroatoms. The summed E-state index contributed by atoms with van der Waals surface area (Å²) in [5.41, 5.74) is 3.55. The maximum atomic E-state index is 11.1. The Morgan fingerprint density at radius 1 is 1.11 bits per heavy atom. The molecule has 1 atom stereocenters. The highest BCUT2D eigenvalue weighted by molar-refractivity contribution is 5.66. The lowest BCUT2D eigenvalue weighted by atomic mass is 10.1. The van der Waals surface area contributed by atoms with Crippen LogP contribution in [0.5, 0.6) is 5.75 Å². The molecule has 0 aliphatic heterocycles. The lowest BCUT2D eigenvalue weighted by molar-refractivity contribution is -0.137. The van der Waals surface area contributed by atoms with Gasteiger partial charge in [-0.25, -0.2) is 0 Å². The summed E-state index contributed by atoms with van der Waals surface area (Å²) >= 11 is 0. The van der Waals surface area contributed by atoms with Gasteiger partial charge in [-0.3, -0.25) is 9.69 Å². The average Bonchev–Trinajstić information content (AvgIpc) is 2.65. The molecular formula is C24H33NO3. The van der Waals surface area contributed by atoms with Crippen LogP contribution in [-0.4, -0.2) is 29.1 Å². The Balaban J connectivity index is 2.03. The number of aryl methyl sites for hydroxylation is 1. The first-order valence-electron chi connectivity index (χ1n) is 10.2. The van der Waals surface area contributed by atoms with Crippen LogP contribution in [0.25, 0.3) is 0 Å². The fourth-order valence-electron chi connectivity index (χ4n) is 3.34. The first-order chi connectivity index (χ1) is 13.5. The number of carbonyl (C=O) groups is 1. The van der Waals surface area contributed by atoms with Gasteiger partial charge < -0.3 is 9.84 Å². The van der Waals surface area contributed by atoms with Crippen molar-refractivity contribution in [2.75, 3.05) is 13.2 Å². The molecular weight excluding hydrogens is 350 g/mol. The lowest BCUT2D eigenvalue weighted by Gasteiger charge is -2.22. The van der Waals surface area contributed by atoms with Crippen LogP contribution in [0.3, 0.4) is 0 Å². The van der Waals surface area contributed by atoms with Crippen LogP contribution in [0.1, 0.15) is 49.8 Å². The van der Waals surface area contributed by atoms with Crippen molar-refractivity contribution in [1.29, 1.82) is 0 Å². The molecule has 0 radical (unpaired) electrons. The highest BCUT2D eigenvalue weighted by Crippen LogP contribution is 2.18. The summed E-state index contributed by atoms with van der Waals surface area (Å²) in [7, 11) is 0. The first-order valence-corrected chi connectivity index (χ1v) is 10.2. The third kappa shape index (κ3) is 8.13. The van der Waals surface area contributed by atoms with Crippen LogP contribution in [0.4, 0.5) is 0 Å². The van der Waals surface area contributed by atoms with Gasteiger partial charge in [0.05, 0.1) is 13.0 Å². The second-order valence-electron chi connectivity index (χ2n) is 7.70. The van der Waals surface area contributed by atoms with E-state index in [4.69, 9.17) is 9.84 Å². The Morgan fingerprint density at radius 2 is 1.79 bits per heavy atom. The number of carboxylic acids is 1. The van der Waals surface area contributed by atoms with Gasteiger partial charge in [0.25, 0.3) is 0 Å². The van der Waals surface area contributed by atoms with Gasteiger partial charge in [0.1, 0.15) is 5.75 Å². The summed E-state index contributed by atoms with van der Waals surface area (Å²) in [5.74, 6) is 0.660. The summed E-state index contributed by atoms with van der Waals surface area (Å²) in [6.45, 7) is 9.15. The van der Waals surface area contributed by atoms with Gasteiger partial charge in [-0.05, 0) is 42.5 Å². The van der Waals surface area contributed by atoms with Crippen molar-refractivity contribution in [1.82, 2.24) is 4.90 Å². The smallest absolute Gasteiger partial charge is 0.304 e. The minimum atomic E-state index is -0.767. The Bertz CT molecular complexity index is 744. The Morgan fingerprint density at radius 3 is 2.43 bits per heavy atom. The predicted molar refractivity (Wildman–Crippen MR) is 114 cm³/mol. The second kappa shape index (κ2) is 11.5. The molecule has 0 bridgehead atoms. The molecule has 0 spiro atoms. The molecule has 2 rings (SSSR count). The van der Waals surface area contributed by atoms with Crippen LogP contribution in [-0.2, 0) is 17.9 Å². The van der Waals surface area contributed by atoms with E-state index in [0.717, 1.165) is 24.5 Å². The van der Waals surface area contributed by atoms with Gasteiger partial charge in [0, 0.05) is 19.6 Å². The van der Waals surface area contributed by atoms with Crippen LogP contribution < -0.4 is 4.74 Å². The molecule has 0 fully saturated rings. The number of rotatable bonds is 12. The summed E-state index contributed by atoms with van der Waals surface area (Å²) in [6, 6.07) is 16.5. The summed E-state index contributed by atoms with van der Waals surface area (Å²) < 4.78 is 5.96. The number of hydrogen-bond acceptors (Lipinski definition) is 3. The Kier molecular flexibility index (Phi) is 9.02. The molecule has 0 amide bonds. The number of aliphatic carboxylic acids is 1. The molecule has 2 aromatic carbocycles. The van der Waals surface area contributed by atoms with Gasteiger partial charge in [-0.2, -0.15) is 0 Å². The second-order valence-corrected chi connectivity index (χ2v) is 7.70. The van der Waals surface area contributed by atoms with Crippen molar-refractivity contribution in [3.8, 4) is 5.75 Å². The van der Waals surface area contributed by atoms with Gasteiger partial charge >= 0.3 is 5.97 Å². The molecule has 0 saturated heterocycles. The van der Waals surface area contributed by atoms with Gasteiger partial charge in [-0.1, -0.05) is 62.2 Å². The molecule has 0 saturated carbocycles. The molecule has 2 aromatic rings. The normalized spacial score (nSPS) is 12.1. The van der Waals surface area contributed by atoms with Crippen molar-refractivity contribution < 1.29 is 14.6 Å². The molecule has 1 N–H and O–H groups in total. The lowest BCUT2D eigenvalue weighted by Crippen LogP contribution is -2.25. The first kappa shape index (κ1) is 22.0. The molecule has 0 aromatic heterocycles. The summed E-state index contributed by atoms with van der Waals surface area (Å²) in [6.07, 6.45) is 2.47. The van der Waals surface area contributed by atoms with E-state index in [2.05, 4.69) is 56.0 Å². The summed E-state index contributed by atoms with van der Waals surface area (Å²) in [4.78, 5) is 13.3. The molecule has 1 unspecified atom stereocenters. The minimum absolute atomic E-state index is 0.135. The Labute approximate surface area is 169 Å². The molecule has 0 aliphatic rings. The van der Waals surface area contributed by atoms with Crippen LogP contribution >= 0.6 is 0 Å². The molecule has 0 aliphatic carbocycles. The molecule has 152 valence electrons. The number of carboxylic acid groups (broad SMARTS) is 1. The number of nitrogens with zero attached hydrogens (tertiary/aromatic N) is 1. The van der Waals surface area contributed by atoms with E-state index in [9.17, 15) is 4.79 Å². The topological polar surface area (TPSA) is 49.8 Å². The highest BCUT2D eigenvalue weighted by Gasteiger charge is 2.11. The maximum Gasteiger partial charge on any atom is 0.304 e. The van der Waals surface area contributed by atoms with Crippen molar-refractivity contribution in [2.24, 2.45) is 5.92 Å². The third-order valence-electron chi connectivity index (χ3n) is 4.75. The largest absolute Gasteiger partial charge is 0.493 e. The van der Waals surface area contributed by atoms with E-state index in [1.807, 2.05) is 18.2 Å². The quantitative estimate of drug-likeness (QED) is 0.541. The van der Waals surface area contributed by atoms with E-state index >= 15 is 0 Å². The monoisotopic (exact) mass is 383 g/mol. The minimum Gasteiger partial charge on any atom is -0.493 e. The van der Waals surface area contributed by atoms with Crippen molar-refractivity contribution in [3.05, 3.63) is 65.2 Å². The maximum absolute atomic E-state index is 11.1. The van der Waals surface area contributed by atoms with Crippen molar-refractivity contribution in [2.45, 2.75) is 53.1 Å². The predicted octanol–water partition coefficient (Wildman–Crippen LogP) is 5.29. The molecule has 0 heterocycles.